The molecule has 0 spiro atoms. The predicted molar refractivity (Wildman–Crippen MR) is 83.5 cm³/mol. The van der Waals surface area contributed by atoms with Crippen molar-refractivity contribution in [3.63, 3.8) is 0 Å². The number of hydrogen-bond acceptors (Lipinski definition) is 2. The average Bonchev–Trinajstić information content (AvgIpc) is 2.27. The van der Waals surface area contributed by atoms with Gasteiger partial charge in [-0.1, -0.05) is 26.8 Å². The maximum atomic E-state index is 5.81. The molecule has 18 heavy (non-hydrogen) atoms. The highest BCUT2D eigenvalue weighted by Gasteiger charge is 2.15. The molecule has 1 aromatic carbocycles. The van der Waals surface area contributed by atoms with Crippen molar-refractivity contribution in [2.45, 2.75) is 63.3 Å². The summed E-state index contributed by atoms with van der Waals surface area (Å²) in [5.41, 5.74) is 8.92. The first kappa shape index (κ1) is 15.6. The van der Waals surface area contributed by atoms with Crippen LogP contribution in [-0.4, -0.2) is 12.3 Å². The van der Waals surface area contributed by atoms with E-state index >= 15 is 0 Å². The summed E-state index contributed by atoms with van der Waals surface area (Å²) in [5, 5.41) is 0. The van der Waals surface area contributed by atoms with Crippen LogP contribution in [0, 0.1) is 0 Å². The minimum atomic E-state index is 0.224. The van der Waals surface area contributed by atoms with E-state index in [0.717, 1.165) is 12.8 Å². The van der Waals surface area contributed by atoms with Crippen molar-refractivity contribution >= 4 is 11.8 Å². The number of nitrogens with two attached hydrogens (primary N) is 1. The second-order valence-electron chi connectivity index (χ2n) is 6.19. The molecule has 0 heterocycles. The molecule has 0 aromatic heterocycles. The first-order valence-electron chi connectivity index (χ1n) is 6.77. The summed E-state index contributed by atoms with van der Waals surface area (Å²) in [7, 11) is 0. The molecule has 0 fully saturated rings. The highest BCUT2D eigenvalue weighted by molar-refractivity contribution is 7.98. The van der Waals surface area contributed by atoms with Crippen LogP contribution in [0.25, 0.3) is 0 Å². The Bertz CT molecular complexity index is 377. The Morgan fingerprint density at radius 3 is 2.39 bits per heavy atom. The van der Waals surface area contributed by atoms with Gasteiger partial charge < -0.3 is 5.73 Å². The molecule has 102 valence electrons. The number of hydrogen-bond donors (Lipinski definition) is 1. The smallest absolute Gasteiger partial charge is 0.00748 e. The standard InChI is InChI=1S/C16H27NS/c1-12(17)7-6-8-13-9-14(16(2,3)4)11-15(10-13)18-5/h9-12H,6-8,17H2,1-5H3. The van der Waals surface area contributed by atoms with Gasteiger partial charge >= 0.3 is 0 Å². The van der Waals surface area contributed by atoms with E-state index < -0.39 is 0 Å². The van der Waals surface area contributed by atoms with Gasteiger partial charge in [-0.15, -0.1) is 11.8 Å². The van der Waals surface area contributed by atoms with Crippen molar-refractivity contribution in [1.29, 1.82) is 0 Å². The molecule has 0 saturated heterocycles. The minimum Gasteiger partial charge on any atom is -0.328 e. The molecule has 1 unspecified atom stereocenters. The molecule has 1 nitrogen and oxygen atoms in total. The normalized spacial score (nSPS) is 13.7. The molecule has 2 heteroatoms. The van der Waals surface area contributed by atoms with Crippen LogP contribution in [0.4, 0.5) is 0 Å². The lowest BCUT2D eigenvalue weighted by Crippen LogP contribution is -2.14. The second-order valence-corrected chi connectivity index (χ2v) is 7.07. The van der Waals surface area contributed by atoms with Gasteiger partial charge in [0.05, 0.1) is 0 Å². The Kier molecular flexibility index (Phi) is 5.74. The summed E-state index contributed by atoms with van der Waals surface area (Å²) in [4.78, 5) is 1.37. The molecule has 0 aliphatic heterocycles. The fraction of sp³-hybridized carbons (Fsp3) is 0.625. The number of rotatable bonds is 5. The quantitative estimate of drug-likeness (QED) is 0.800. The topological polar surface area (TPSA) is 26.0 Å². The summed E-state index contributed by atoms with van der Waals surface area (Å²) in [6.45, 7) is 8.91. The summed E-state index contributed by atoms with van der Waals surface area (Å²) >= 11 is 1.83. The highest BCUT2D eigenvalue weighted by atomic mass is 32.2. The predicted octanol–water partition coefficient (Wildman–Crippen LogP) is 4.38. The highest BCUT2D eigenvalue weighted by Crippen LogP contribution is 2.28. The van der Waals surface area contributed by atoms with Crippen LogP contribution >= 0.6 is 11.8 Å². The zero-order chi connectivity index (χ0) is 13.8. The molecule has 0 aliphatic carbocycles. The van der Waals surface area contributed by atoms with Gasteiger partial charge in [0.1, 0.15) is 0 Å². The Hall–Kier alpha value is -0.470. The lowest BCUT2D eigenvalue weighted by atomic mass is 9.85. The average molecular weight is 265 g/mol. The van der Waals surface area contributed by atoms with Crippen LogP contribution in [-0.2, 0) is 11.8 Å². The molecule has 0 bridgehead atoms. The summed E-state index contributed by atoms with van der Waals surface area (Å²) in [6.07, 6.45) is 5.57. The van der Waals surface area contributed by atoms with Gasteiger partial charge in [0.25, 0.3) is 0 Å². The molecule has 0 radical (unpaired) electrons. The van der Waals surface area contributed by atoms with Gasteiger partial charge in [-0.25, -0.2) is 0 Å². The van der Waals surface area contributed by atoms with Gasteiger partial charge in [-0.2, -0.15) is 0 Å². The van der Waals surface area contributed by atoms with Gasteiger partial charge in [-0.3, -0.25) is 0 Å². The molecule has 0 saturated carbocycles. The van der Waals surface area contributed by atoms with E-state index in [4.69, 9.17) is 5.73 Å². The Morgan fingerprint density at radius 1 is 1.22 bits per heavy atom. The second kappa shape index (κ2) is 6.63. The molecular formula is C16H27NS. The first-order chi connectivity index (χ1) is 8.32. The fourth-order valence-corrected chi connectivity index (χ4v) is 2.50. The lowest BCUT2D eigenvalue weighted by molar-refractivity contribution is 0.585. The Morgan fingerprint density at radius 2 is 1.89 bits per heavy atom. The third-order valence-corrected chi connectivity index (χ3v) is 3.90. The van der Waals surface area contributed by atoms with E-state index in [-0.39, 0.29) is 5.41 Å². The molecule has 1 rings (SSSR count). The van der Waals surface area contributed by atoms with Gasteiger partial charge in [0.15, 0.2) is 0 Å². The first-order valence-corrected chi connectivity index (χ1v) is 7.99. The molecule has 1 atom stereocenters. The number of benzene rings is 1. The van der Waals surface area contributed by atoms with E-state index in [1.807, 2.05) is 11.8 Å². The van der Waals surface area contributed by atoms with Gasteiger partial charge in [0, 0.05) is 10.9 Å². The molecular weight excluding hydrogens is 238 g/mol. The van der Waals surface area contributed by atoms with Crippen molar-refractivity contribution < 1.29 is 0 Å². The van der Waals surface area contributed by atoms with Crippen LogP contribution in [0.3, 0.4) is 0 Å². The van der Waals surface area contributed by atoms with Crippen molar-refractivity contribution in [3.05, 3.63) is 29.3 Å². The molecule has 2 N–H and O–H groups in total. The number of thioether (sulfide) groups is 1. The third-order valence-electron chi connectivity index (χ3n) is 3.19. The molecule has 0 amide bonds. The van der Waals surface area contributed by atoms with Crippen LogP contribution < -0.4 is 5.73 Å². The van der Waals surface area contributed by atoms with E-state index in [2.05, 4.69) is 52.1 Å². The van der Waals surface area contributed by atoms with Gasteiger partial charge in [0.2, 0.25) is 0 Å². The number of aryl methyl sites for hydroxylation is 1. The Balaban J connectivity index is 2.84. The maximum Gasteiger partial charge on any atom is 0.00748 e. The van der Waals surface area contributed by atoms with E-state index in [0.29, 0.717) is 6.04 Å². The van der Waals surface area contributed by atoms with Crippen molar-refractivity contribution in [1.82, 2.24) is 0 Å². The monoisotopic (exact) mass is 265 g/mol. The van der Waals surface area contributed by atoms with Crippen molar-refractivity contribution in [2.75, 3.05) is 6.26 Å². The van der Waals surface area contributed by atoms with E-state index in [1.165, 1.54) is 22.4 Å². The van der Waals surface area contributed by atoms with Crippen LogP contribution in [0.2, 0.25) is 0 Å². The third kappa shape index (κ3) is 5.03. The van der Waals surface area contributed by atoms with Crippen molar-refractivity contribution in [2.24, 2.45) is 5.73 Å². The lowest BCUT2D eigenvalue weighted by Gasteiger charge is -2.21. The van der Waals surface area contributed by atoms with Crippen LogP contribution in [0.1, 0.15) is 51.7 Å². The minimum absolute atomic E-state index is 0.224. The maximum absolute atomic E-state index is 5.81. The molecule has 1 aromatic rings. The zero-order valence-electron chi connectivity index (χ0n) is 12.4. The van der Waals surface area contributed by atoms with Crippen molar-refractivity contribution in [3.8, 4) is 0 Å². The summed E-state index contributed by atoms with van der Waals surface area (Å²) in [6, 6.07) is 7.32. The van der Waals surface area contributed by atoms with Crippen LogP contribution in [0.5, 0.6) is 0 Å². The molecule has 0 aliphatic rings. The van der Waals surface area contributed by atoms with E-state index in [9.17, 15) is 0 Å². The fourth-order valence-electron chi connectivity index (χ4n) is 1.98. The van der Waals surface area contributed by atoms with Gasteiger partial charge in [-0.05, 0) is 61.1 Å². The van der Waals surface area contributed by atoms with E-state index in [1.54, 1.807) is 0 Å². The summed E-state index contributed by atoms with van der Waals surface area (Å²) in [5.74, 6) is 0. The SMILES string of the molecule is CSc1cc(CCCC(C)N)cc(C(C)(C)C)c1. The largest absolute Gasteiger partial charge is 0.328 e. The summed E-state index contributed by atoms with van der Waals surface area (Å²) < 4.78 is 0. The zero-order valence-corrected chi connectivity index (χ0v) is 13.2. The Labute approximate surface area is 117 Å². The van der Waals surface area contributed by atoms with Crippen LogP contribution in [0.15, 0.2) is 23.1 Å².